The molecule has 0 unspecified atom stereocenters. The molecule has 0 fully saturated rings. The Morgan fingerprint density at radius 1 is 1.47 bits per heavy atom. The molecule has 1 aromatic rings. The number of carbonyl (C=O) groups excluding carboxylic acids is 2. The van der Waals surface area contributed by atoms with Gasteiger partial charge in [0.05, 0.1) is 19.3 Å². The Labute approximate surface area is 111 Å². The molecule has 104 valence electrons. The van der Waals surface area contributed by atoms with E-state index < -0.39 is 5.91 Å². The van der Waals surface area contributed by atoms with Gasteiger partial charge in [-0.05, 0) is 19.1 Å². The zero-order valence-corrected chi connectivity index (χ0v) is 10.9. The van der Waals surface area contributed by atoms with Crippen molar-refractivity contribution < 1.29 is 18.7 Å². The Hall–Kier alpha value is -2.15. The van der Waals surface area contributed by atoms with Crippen LogP contribution in [0.25, 0.3) is 0 Å². The highest BCUT2D eigenvalue weighted by Gasteiger charge is 2.08. The number of furan rings is 1. The minimum absolute atomic E-state index is 0.113. The summed E-state index contributed by atoms with van der Waals surface area (Å²) < 4.78 is 9.70. The summed E-state index contributed by atoms with van der Waals surface area (Å²) in [4.78, 5) is 22.9. The van der Waals surface area contributed by atoms with Gasteiger partial charge >= 0.3 is 5.91 Å². The Morgan fingerprint density at radius 2 is 2.26 bits per heavy atom. The molecule has 0 aliphatic rings. The summed E-state index contributed by atoms with van der Waals surface area (Å²) in [6, 6.07) is 3.13. The number of rotatable bonds is 7. The smallest absolute Gasteiger partial charge is 0.307 e. The van der Waals surface area contributed by atoms with Gasteiger partial charge in [-0.2, -0.15) is 5.10 Å². The number of hydrogen-bond acceptors (Lipinski definition) is 5. The van der Waals surface area contributed by atoms with E-state index in [0.717, 1.165) is 0 Å². The molecule has 0 bridgehead atoms. The van der Waals surface area contributed by atoms with Crippen molar-refractivity contribution in [1.29, 1.82) is 0 Å². The number of nitrogens with one attached hydrogen (secondary N) is 2. The summed E-state index contributed by atoms with van der Waals surface area (Å²) in [5.74, 6) is -0.462. The molecule has 0 aliphatic carbocycles. The van der Waals surface area contributed by atoms with E-state index in [2.05, 4.69) is 15.8 Å². The monoisotopic (exact) mass is 267 g/mol. The van der Waals surface area contributed by atoms with E-state index in [4.69, 9.17) is 9.15 Å². The van der Waals surface area contributed by atoms with E-state index in [-0.39, 0.29) is 18.1 Å². The summed E-state index contributed by atoms with van der Waals surface area (Å²) in [5, 5.41) is 6.47. The molecule has 7 nitrogen and oxygen atoms in total. The van der Waals surface area contributed by atoms with Crippen molar-refractivity contribution in [2.45, 2.75) is 13.3 Å². The lowest BCUT2D eigenvalue weighted by molar-refractivity contribution is -0.120. The Kier molecular flexibility index (Phi) is 6.31. The summed E-state index contributed by atoms with van der Waals surface area (Å²) in [7, 11) is 1.56. The second-order valence-electron chi connectivity index (χ2n) is 3.78. The molecule has 1 aromatic heterocycles. The summed E-state index contributed by atoms with van der Waals surface area (Å²) in [5.41, 5.74) is 2.80. The summed E-state index contributed by atoms with van der Waals surface area (Å²) >= 11 is 0. The zero-order chi connectivity index (χ0) is 14.1. The lowest BCUT2D eigenvalue weighted by Gasteiger charge is -2.04. The predicted octanol–water partition coefficient (Wildman–Crippen LogP) is 0.538. The standard InChI is InChI=1S/C12H17N3O4/c1-9(8-11(16)13-5-7-18-2)14-15-12(17)10-4-3-6-19-10/h3-4,6H,5,7-8H2,1-2H3,(H,13,16)(H,15,17)/b14-9+. The number of nitrogens with zero attached hydrogens (tertiary/aromatic N) is 1. The van der Waals surface area contributed by atoms with Crippen molar-refractivity contribution in [3.05, 3.63) is 24.2 Å². The number of hydrogen-bond donors (Lipinski definition) is 2. The van der Waals surface area contributed by atoms with Gasteiger partial charge in [0, 0.05) is 19.4 Å². The maximum Gasteiger partial charge on any atom is 0.307 e. The molecule has 0 aliphatic heterocycles. The van der Waals surface area contributed by atoms with Gasteiger partial charge in [0.1, 0.15) is 0 Å². The fourth-order valence-corrected chi connectivity index (χ4v) is 1.24. The molecule has 2 N–H and O–H groups in total. The molecule has 0 spiro atoms. The fraction of sp³-hybridized carbons (Fsp3) is 0.417. The number of amides is 2. The number of hydrazone groups is 1. The third kappa shape index (κ3) is 5.82. The molecule has 7 heteroatoms. The van der Waals surface area contributed by atoms with Crippen LogP contribution in [0.2, 0.25) is 0 Å². The Balaban J connectivity index is 2.32. The fourth-order valence-electron chi connectivity index (χ4n) is 1.24. The average molecular weight is 267 g/mol. The highest BCUT2D eigenvalue weighted by Crippen LogP contribution is 1.99. The van der Waals surface area contributed by atoms with Crippen LogP contribution in [0.5, 0.6) is 0 Å². The highest BCUT2D eigenvalue weighted by molar-refractivity contribution is 6.00. The normalized spacial score (nSPS) is 11.2. The van der Waals surface area contributed by atoms with Crippen LogP contribution in [-0.4, -0.2) is 37.8 Å². The van der Waals surface area contributed by atoms with Crippen LogP contribution < -0.4 is 10.7 Å². The minimum Gasteiger partial charge on any atom is -0.459 e. The van der Waals surface area contributed by atoms with Crippen LogP contribution in [0.1, 0.15) is 23.9 Å². The predicted molar refractivity (Wildman–Crippen MR) is 68.8 cm³/mol. The second-order valence-corrected chi connectivity index (χ2v) is 3.78. The van der Waals surface area contributed by atoms with Crippen molar-refractivity contribution in [2.75, 3.05) is 20.3 Å². The number of carbonyl (C=O) groups is 2. The molecule has 0 saturated carbocycles. The van der Waals surface area contributed by atoms with Crippen LogP contribution >= 0.6 is 0 Å². The molecule has 2 amide bonds. The van der Waals surface area contributed by atoms with Gasteiger partial charge in [-0.25, -0.2) is 5.43 Å². The van der Waals surface area contributed by atoms with Gasteiger partial charge in [0.25, 0.3) is 0 Å². The molecule has 0 atom stereocenters. The molecular formula is C12H17N3O4. The Bertz CT molecular complexity index is 440. The Morgan fingerprint density at radius 3 is 2.89 bits per heavy atom. The van der Waals surface area contributed by atoms with Crippen molar-refractivity contribution in [2.24, 2.45) is 5.10 Å². The first-order chi connectivity index (χ1) is 9.13. The van der Waals surface area contributed by atoms with Crippen molar-refractivity contribution in [3.8, 4) is 0 Å². The molecule has 1 heterocycles. The van der Waals surface area contributed by atoms with Gasteiger partial charge in [0.2, 0.25) is 5.91 Å². The van der Waals surface area contributed by atoms with E-state index in [1.54, 1.807) is 20.1 Å². The maximum absolute atomic E-state index is 11.5. The second kappa shape index (κ2) is 8.04. The third-order valence-corrected chi connectivity index (χ3v) is 2.14. The van der Waals surface area contributed by atoms with Crippen molar-refractivity contribution in [3.63, 3.8) is 0 Å². The maximum atomic E-state index is 11.5. The van der Waals surface area contributed by atoms with E-state index >= 15 is 0 Å². The highest BCUT2D eigenvalue weighted by atomic mass is 16.5. The van der Waals surface area contributed by atoms with Crippen molar-refractivity contribution >= 4 is 17.5 Å². The molecule has 0 aromatic carbocycles. The van der Waals surface area contributed by atoms with Crippen LogP contribution in [0, 0.1) is 0 Å². The van der Waals surface area contributed by atoms with Crippen molar-refractivity contribution in [1.82, 2.24) is 10.7 Å². The quantitative estimate of drug-likeness (QED) is 0.428. The summed E-state index contributed by atoms with van der Waals surface area (Å²) in [6.45, 7) is 2.55. The molecule has 19 heavy (non-hydrogen) atoms. The van der Waals surface area contributed by atoms with Crippen LogP contribution in [0.3, 0.4) is 0 Å². The number of ether oxygens (including phenoxy) is 1. The third-order valence-electron chi connectivity index (χ3n) is 2.14. The van der Waals surface area contributed by atoms with Gasteiger partial charge in [-0.1, -0.05) is 0 Å². The number of methoxy groups -OCH3 is 1. The molecule has 1 rings (SSSR count). The first-order valence-electron chi connectivity index (χ1n) is 5.76. The van der Waals surface area contributed by atoms with E-state index in [0.29, 0.717) is 18.9 Å². The first-order valence-corrected chi connectivity index (χ1v) is 5.76. The minimum atomic E-state index is -0.454. The molecule has 0 radical (unpaired) electrons. The lowest BCUT2D eigenvalue weighted by atomic mass is 10.3. The van der Waals surface area contributed by atoms with Gasteiger partial charge in [0.15, 0.2) is 5.76 Å². The van der Waals surface area contributed by atoms with Gasteiger partial charge in [-0.3, -0.25) is 9.59 Å². The van der Waals surface area contributed by atoms with E-state index in [1.807, 2.05) is 0 Å². The SMILES string of the molecule is COCCNC(=O)C/C(C)=N/NC(=O)c1ccco1. The van der Waals surface area contributed by atoms with Crippen LogP contribution in [0.4, 0.5) is 0 Å². The molecule has 0 saturated heterocycles. The van der Waals surface area contributed by atoms with Crippen LogP contribution in [-0.2, 0) is 9.53 Å². The first kappa shape index (κ1) is 14.9. The van der Waals surface area contributed by atoms with Crippen LogP contribution in [0.15, 0.2) is 27.9 Å². The topological polar surface area (TPSA) is 92.9 Å². The van der Waals surface area contributed by atoms with E-state index in [1.165, 1.54) is 12.3 Å². The van der Waals surface area contributed by atoms with Gasteiger partial charge in [-0.15, -0.1) is 0 Å². The zero-order valence-electron chi connectivity index (χ0n) is 10.9. The molecular weight excluding hydrogens is 250 g/mol. The van der Waals surface area contributed by atoms with E-state index in [9.17, 15) is 9.59 Å². The largest absolute Gasteiger partial charge is 0.459 e. The average Bonchev–Trinajstić information content (AvgIpc) is 2.90. The van der Waals surface area contributed by atoms with Gasteiger partial charge < -0.3 is 14.5 Å². The lowest BCUT2D eigenvalue weighted by Crippen LogP contribution is -2.29. The summed E-state index contributed by atoms with van der Waals surface area (Å²) in [6.07, 6.45) is 1.51.